The largest absolute Gasteiger partial charge is 0.293 e. The van der Waals surface area contributed by atoms with E-state index in [2.05, 4.69) is 15.2 Å². The van der Waals surface area contributed by atoms with Crippen molar-refractivity contribution in [2.45, 2.75) is 19.0 Å². The number of hydrogen-bond donors (Lipinski definition) is 0. The van der Waals surface area contributed by atoms with Crippen LogP contribution in [0.5, 0.6) is 0 Å². The lowest BCUT2D eigenvalue weighted by atomic mass is 10.1. The molecule has 0 aliphatic rings. The predicted molar refractivity (Wildman–Crippen MR) is 99.3 cm³/mol. The maximum Gasteiger partial charge on any atom is 0.256 e. The van der Waals surface area contributed by atoms with E-state index < -0.39 is 0 Å². The zero-order valence-corrected chi connectivity index (χ0v) is 14.7. The number of carbonyl (C=O) groups excluding carboxylic acids is 1. The average molecular weight is 348 g/mol. The Bertz CT molecular complexity index is 1100. The van der Waals surface area contributed by atoms with Gasteiger partial charge in [-0.2, -0.15) is 0 Å². The second-order valence-corrected chi connectivity index (χ2v) is 6.87. The van der Waals surface area contributed by atoms with Gasteiger partial charge in [0.15, 0.2) is 10.9 Å². The Morgan fingerprint density at radius 1 is 1.04 bits per heavy atom. The van der Waals surface area contributed by atoms with Crippen molar-refractivity contribution in [1.82, 2.24) is 19.6 Å². The van der Waals surface area contributed by atoms with Gasteiger partial charge in [0.05, 0.1) is 5.75 Å². The number of thioether (sulfide) groups is 1. The third kappa shape index (κ3) is 3.00. The fraction of sp³-hybridized carbons (Fsp3) is 0.158. The van der Waals surface area contributed by atoms with Crippen LogP contribution in [0.2, 0.25) is 0 Å². The van der Waals surface area contributed by atoms with Crippen LogP contribution in [0.1, 0.15) is 21.7 Å². The summed E-state index contributed by atoms with van der Waals surface area (Å²) in [7, 11) is 0. The molecule has 4 rings (SSSR count). The summed E-state index contributed by atoms with van der Waals surface area (Å²) >= 11 is 1.38. The van der Waals surface area contributed by atoms with E-state index in [9.17, 15) is 4.79 Å². The van der Waals surface area contributed by atoms with Gasteiger partial charge in [-0.1, -0.05) is 48.2 Å². The van der Waals surface area contributed by atoms with Gasteiger partial charge in [-0.05, 0) is 36.8 Å². The van der Waals surface area contributed by atoms with Crippen LogP contribution in [0.25, 0.3) is 16.6 Å². The van der Waals surface area contributed by atoms with E-state index in [0.717, 1.165) is 22.2 Å². The molecule has 6 heteroatoms. The monoisotopic (exact) mass is 348 g/mol. The highest BCUT2D eigenvalue weighted by Gasteiger charge is 2.13. The van der Waals surface area contributed by atoms with E-state index in [1.807, 2.05) is 66.8 Å². The van der Waals surface area contributed by atoms with Crippen molar-refractivity contribution >= 4 is 34.1 Å². The third-order valence-electron chi connectivity index (χ3n) is 4.07. The second-order valence-electron chi connectivity index (χ2n) is 5.93. The summed E-state index contributed by atoms with van der Waals surface area (Å²) in [4.78, 5) is 16.9. The molecular weight excluding hydrogens is 332 g/mol. The zero-order chi connectivity index (χ0) is 17.4. The number of fused-ring (bicyclic) bond motifs is 2. The van der Waals surface area contributed by atoms with Gasteiger partial charge < -0.3 is 0 Å². The number of hydrogen-bond acceptors (Lipinski definition) is 5. The molecule has 0 atom stereocenters. The summed E-state index contributed by atoms with van der Waals surface area (Å²) in [6.07, 6.45) is 0. The Balaban J connectivity index is 1.57. The molecule has 0 radical (unpaired) electrons. The molecule has 5 nitrogen and oxygen atoms in total. The number of aromatic nitrogens is 4. The summed E-state index contributed by atoms with van der Waals surface area (Å²) in [5, 5.41) is 11.2. The minimum absolute atomic E-state index is 0.0743. The highest BCUT2D eigenvalue weighted by Crippen LogP contribution is 2.21. The summed E-state index contributed by atoms with van der Waals surface area (Å²) < 4.78 is 1.88. The topological polar surface area (TPSA) is 60.2 Å². The van der Waals surface area contributed by atoms with Gasteiger partial charge in [0.1, 0.15) is 0 Å². The molecular formula is C19H16N4OS. The number of ketones is 1. The molecule has 2 aromatic carbocycles. The lowest BCUT2D eigenvalue weighted by molar-refractivity contribution is 0.102. The van der Waals surface area contributed by atoms with Crippen LogP contribution in [0.4, 0.5) is 0 Å². The van der Waals surface area contributed by atoms with Gasteiger partial charge in [0, 0.05) is 17.0 Å². The number of aryl methyl sites for hydroxylation is 2. The van der Waals surface area contributed by atoms with Crippen molar-refractivity contribution in [1.29, 1.82) is 0 Å². The maximum absolute atomic E-state index is 12.6. The SMILES string of the molecule is Cc1cc(C)n2c(SCC(=O)c3ccc4ccccc4c3)nnc2n1. The Kier molecular flexibility index (Phi) is 3.97. The fourth-order valence-electron chi connectivity index (χ4n) is 2.87. The minimum Gasteiger partial charge on any atom is -0.293 e. The van der Waals surface area contributed by atoms with Crippen molar-refractivity contribution in [3.05, 3.63) is 65.5 Å². The quantitative estimate of drug-likeness (QED) is 0.414. The molecule has 2 aromatic heterocycles. The van der Waals surface area contributed by atoms with E-state index in [4.69, 9.17) is 0 Å². The number of benzene rings is 2. The first-order valence-corrected chi connectivity index (χ1v) is 8.94. The van der Waals surface area contributed by atoms with E-state index in [1.165, 1.54) is 11.8 Å². The molecule has 0 amide bonds. The third-order valence-corrected chi connectivity index (χ3v) is 5.00. The van der Waals surface area contributed by atoms with Gasteiger partial charge in [-0.25, -0.2) is 4.98 Å². The molecule has 2 heterocycles. The van der Waals surface area contributed by atoms with Crippen molar-refractivity contribution in [2.24, 2.45) is 0 Å². The number of rotatable bonds is 4. The predicted octanol–water partition coefficient (Wildman–Crippen LogP) is 3.87. The molecule has 0 fully saturated rings. The molecule has 4 aromatic rings. The Morgan fingerprint density at radius 2 is 1.84 bits per heavy atom. The lowest BCUT2D eigenvalue weighted by Gasteiger charge is -2.05. The lowest BCUT2D eigenvalue weighted by Crippen LogP contribution is -2.04. The Hall–Kier alpha value is -2.73. The number of Topliss-reactive ketones (excluding diaryl/α,β-unsaturated/α-hetero) is 1. The summed E-state index contributed by atoms with van der Waals surface area (Å²) in [6.45, 7) is 3.91. The highest BCUT2D eigenvalue weighted by molar-refractivity contribution is 7.99. The van der Waals surface area contributed by atoms with Gasteiger partial charge in [0.25, 0.3) is 5.78 Å². The number of carbonyl (C=O) groups is 1. The van der Waals surface area contributed by atoms with E-state index in [1.54, 1.807) is 0 Å². The van der Waals surface area contributed by atoms with Crippen molar-refractivity contribution in [3.8, 4) is 0 Å². The molecule has 124 valence electrons. The molecule has 0 spiro atoms. The van der Waals surface area contributed by atoms with Gasteiger partial charge in [0.2, 0.25) is 0 Å². The maximum atomic E-state index is 12.6. The summed E-state index contributed by atoms with van der Waals surface area (Å²) in [5.74, 6) is 0.954. The van der Waals surface area contributed by atoms with E-state index >= 15 is 0 Å². The average Bonchev–Trinajstić information content (AvgIpc) is 3.02. The van der Waals surface area contributed by atoms with Crippen LogP contribution < -0.4 is 0 Å². The van der Waals surface area contributed by atoms with Crippen molar-refractivity contribution in [3.63, 3.8) is 0 Å². The summed E-state index contributed by atoms with van der Waals surface area (Å²) in [6, 6.07) is 15.8. The van der Waals surface area contributed by atoms with Crippen LogP contribution in [0, 0.1) is 13.8 Å². The minimum atomic E-state index is 0.0743. The van der Waals surface area contributed by atoms with Gasteiger partial charge in [-0.3, -0.25) is 9.20 Å². The first-order chi connectivity index (χ1) is 12.1. The van der Waals surface area contributed by atoms with Crippen LogP contribution in [-0.2, 0) is 0 Å². The van der Waals surface area contributed by atoms with E-state index in [-0.39, 0.29) is 5.78 Å². The molecule has 0 saturated heterocycles. The molecule has 0 bridgehead atoms. The first kappa shape index (κ1) is 15.8. The second kappa shape index (κ2) is 6.29. The molecule has 0 saturated carbocycles. The highest BCUT2D eigenvalue weighted by atomic mass is 32.2. The molecule has 25 heavy (non-hydrogen) atoms. The standard InChI is InChI=1S/C19H16N4OS/c1-12-9-13(2)23-18(20-12)21-22-19(23)25-11-17(24)16-8-7-14-5-3-4-6-15(14)10-16/h3-10H,11H2,1-2H3. The smallest absolute Gasteiger partial charge is 0.256 e. The number of nitrogens with zero attached hydrogens (tertiary/aromatic N) is 4. The van der Waals surface area contributed by atoms with Crippen molar-refractivity contribution in [2.75, 3.05) is 5.75 Å². The summed E-state index contributed by atoms with van der Waals surface area (Å²) in [5.41, 5.74) is 2.63. The Labute approximate surface area is 149 Å². The molecule has 0 unspecified atom stereocenters. The Morgan fingerprint density at radius 3 is 2.68 bits per heavy atom. The molecule has 0 N–H and O–H groups in total. The van der Waals surface area contributed by atoms with E-state index in [0.29, 0.717) is 22.3 Å². The molecule has 0 aliphatic heterocycles. The molecule has 0 aliphatic carbocycles. The first-order valence-electron chi connectivity index (χ1n) is 7.96. The van der Waals surface area contributed by atoms with Crippen LogP contribution in [0.3, 0.4) is 0 Å². The van der Waals surface area contributed by atoms with Crippen LogP contribution in [-0.4, -0.2) is 31.1 Å². The fourth-order valence-corrected chi connectivity index (χ4v) is 3.75. The zero-order valence-electron chi connectivity index (χ0n) is 13.9. The van der Waals surface area contributed by atoms with Crippen molar-refractivity contribution < 1.29 is 4.79 Å². The van der Waals surface area contributed by atoms with Gasteiger partial charge >= 0.3 is 0 Å². The van der Waals surface area contributed by atoms with Gasteiger partial charge in [-0.15, -0.1) is 10.2 Å². The van der Waals surface area contributed by atoms with Crippen LogP contribution in [0.15, 0.2) is 53.7 Å². The normalized spacial score (nSPS) is 11.3. The van der Waals surface area contributed by atoms with Crippen LogP contribution >= 0.6 is 11.8 Å².